The molecule has 40 heavy (non-hydrogen) atoms. The zero-order chi connectivity index (χ0) is 27.8. The van der Waals surface area contributed by atoms with Crippen molar-refractivity contribution in [3.8, 4) is 11.5 Å². The third-order valence-electron chi connectivity index (χ3n) is 8.29. The van der Waals surface area contributed by atoms with Crippen LogP contribution in [0.4, 0.5) is 0 Å². The molecule has 4 aromatic rings. The number of hydrogen-bond donors (Lipinski definition) is 2. The first-order valence-electron chi connectivity index (χ1n) is 14.3. The first kappa shape index (κ1) is 26.7. The second-order valence-electron chi connectivity index (χ2n) is 11.6. The van der Waals surface area contributed by atoms with E-state index in [1.54, 1.807) is 0 Å². The highest BCUT2D eigenvalue weighted by Crippen LogP contribution is 2.36. The summed E-state index contributed by atoms with van der Waals surface area (Å²) in [5.41, 5.74) is 4.59. The number of fused-ring (bicyclic) bond motifs is 2. The number of rotatable bonds is 10. The molecule has 1 amide bonds. The average Bonchev–Trinajstić information content (AvgIpc) is 3.38. The molecular weight excluding hydrogens is 500 g/mol. The molecule has 1 saturated heterocycles. The molecule has 0 spiro atoms. The highest BCUT2D eigenvalue weighted by Gasteiger charge is 2.33. The van der Waals surface area contributed by atoms with E-state index in [0.29, 0.717) is 11.5 Å². The number of hydrogen-bond acceptors (Lipinski definition) is 6. The van der Waals surface area contributed by atoms with E-state index < -0.39 is 0 Å². The van der Waals surface area contributed by atoms with Gasteiger partial charge in [-0.25, -0.2) is 9.97 Å². The van der Waals surface area contributed by atoms with Crippen molar-refractivity contribution < 1.29 is 4.79 Å². The van der Waals surface area contributed by atoms with Crippen LogP contribution in [0.15, 0.2) is 54.7 Å². The molecule has 4 heterocycles. The molecule has 1 aromatic carbocycles. The van der Waals surface area contributed by atoms with Gasteiger partial charge in [-0.3, -0.25) is 4.79 Å². The van der Waals surface area contributed by atoms with Gasteiger partial charge in [-0.2, -0.15) is 0 Å². The Hall–Kier alpha value is -3.53. The SMILES string of the molecule is CN(C)C/C=C/CN[C@@H]1CNC[C@H]1N(C)C(=O)c1ccc2c(c1)nc(-c1cc3cccnc3n1CC1CC1)n2C. The molecular formula is C31H40N8O. The third kappa shape index (κ3) is 5.29. The normalized spacial score (nSPS) is 19.5. The molecule has 6 rings (SSSR count). The highest BCUT2D eigenvalue weighted by atomic mass is 16.2. The fourth-order valence-electron chi connectivity index (χ4n) is 5.80. The Labute approximate surface area is 235 Å². The number of likely N-dealkylation sites (N-methyl/N-ethyl adjacent to an activating group) is 2. The van der Waals surface area contributed by atoms with Crippen LogP contribution in [-0.4, -0.2) is 94.2 Å². The van der Waals surface area contributed by atoms with E-state index in [0.717, 1.165) is 66.3 Å². The number of imidazole rings is 1. The summed E-state index contributed by atoms with van der Waals surface area (Å²) in [6, 6.07) is 12.5. The Balaban J connectivity index is 1.23. The molecule has 2 fully saturated rings. The lowest BCUT2D eigenvalue weighted by molar-refractivity contribution is 0.0725. The van der Waals surface area contributed by atoms with Crippen molar-refractivity contribution in [3.05, 3.63) is 60.3 Å². The Morgan fingerprint density at radius 3 is 2.80 bits per heavy atom. The van der Waals surface area contributed by atoms with E-state index in [9.17, 15) is 4.79 Å². The van der Waals surface area contributed by atoms with Crippen LogP contribution in [0.5, 0.6) is 0 Å². The van der Waals surface area contributed by atoms with E-state index in [4.69, 9.17) is 4.98 Å². The number of amides is 1. The van der Waals surface area contributed by atoms with Gasteiger partial charge in [0.05, 0.1) is 22.8 Å². The first-order valence-corrected chi connectivity index (χ1v) is 14.3. The summed E-state index contributed by atoms with van der Waals surface area (Å²) in [7, 11) is 8.09. The Morgan fingerprint density at radius 1 is 1.15 bits per heavy atom. The molecule has 9 nitrogen and oxygen atoms in total. The number of benzene rings is 1. The maximum absolute atomic E-state index is 13.6. The number of nitrogens with zero attached hydrogens (tertiary/aromatic N) is 6. The van der Waals surface area contributed by atoms with Crippen molar-refractivity contribution in [1.82, 2.24) is 39.5 Å². The van der Waals surface area contributed by atoms with Gasteiger partial charge >= 0.3 is 0 Å². The molecule has 9 heteroatoms. The van der Waals surface area contributed by atoms with Crippen LogP contribution in [-0.2, 0) is 13.6 Å². The van der Waals surface area contributed by atoms with Gasteiger partial charge in [-0.15, -0.1) is 0 Å². The molecule has 1 aliphatic carbocycles. The number of pyridine rings is 1. The standard InChI is InChI=1S/C31H40N8O/c1-36(2)15-6-5-13-33-25-18-32-19-28(25)38(4)31(40)23-11-12-26-24(16-23)35-30(37(26)3)27-17-22-8-7-14-34-29(22)39(27)20-21-9-10-21/h5-8,11-12,14,16-17,21,25,28,32-33H,9-10,13,15,18-20H2,1-4H3/b6-5+/t25-,28-/m1/s1. The fraction of sp³-hybridized carbons (Fsp3) is 0.452. The summed E-state index contributed by atoms with van der Waals surface area (Å²) in [6.07, 6.45) is 8.73. The molecule has 0 unspecified atom stereocenters. The van der Waals surface area contributed by atoms with Crippen molar-refractivity contribution >= 4 is 28.0 Å². The highest BCUT2D eigenvalue weighted by molar-refractivity contribution is 5.98. The number of aromatic nitrogens is 4. The smallest absolute Gasteiger partial charge is 0.254 e. The van der Waals surface area contributed by atoms with E-state index in [1.165, 1.54) is 12.8 Å². The molecule has 2 N–H and O–H groups in total. The Bertz CT molecular complexity index is 1550. The maximum Gasteiger partial charge on any atom is 0.254 e. The first-order chi connectivity index (χ1) is 19.4. The van der Waals surface area contributed by atoms with Crippen molar-refractivity contribution in [2.75, 3.05) is 47.3 Å². The number of carbonyl (C=O) groups excluding carboxylic acids is 1. The fourth-order valence-corrected chi connectivity index (χ4v) is 5.80. The van der Waals surface area contributed by atoms with Gasteiger partial charge in [0.15, 0.2) is 5.82 Å². The molecule has 3 aromatic heterocycles. The van der Waals surface area contributed by atoms with Crippen LogP contribution < -0.4 is 10.6 Å². The van der Waals surface area contributed by atoms with Crippen LogP contribution in [0.2, 0.25) is 0 Å². The summed E-state index contributed by atoms with van der Waals surface area (Å²) in [6.45, 7) is 4.29. The van der Waals surface area contributed by atoms with Gasteiger partial charge < -0.3 is 29.6 Å². The van der Waals surface area contributed by atoms with Crippen molar-refractivity contribution in [3.63, 3.8) is 0 Å². The Kier molecular flexibility index (Phi) is 7.44. The summed E-state index contributed by atoms with van der Waals surface area (Å²) in [4.78, 5) is 27.4. The second-order valence-corrected chi connectivity index (χ2v) is 11.6. The minimum atomic E-state index is 0.0183. The van der Waals surface area contributed by atoms with Crippen LogP contribution in [0.1, 0.15) is 23.2 Å². The van der Waals surface area contributed by atoms with Gasteiger partial charge in [-0.05, 0) is 69.3 Å². The van der Waals surface area contributed by atoms with Crippen LogP contribution >= 0.6 is 0 Å². The van der Waals surface area contributed by atoms with Crippen molar-refractivity contribution in [2.45, 2.75) is 31.5 Å². The van der Waals surface area contributed by atoms with Gasteiger partial charge in [0.1, 0.15) is 5.65 Å². The predicted octanol–water partition coefficient (Wildman–Crippen LogP) is 3.12. The monoisotopic (exact) mass is 540 g/mol. The Morgan fingerprint density at radius 2 is 2.00 bits per heavy atom. The molecule has 210 valence electrons. The van der Waals surface area contributed by atoms with Crippen molar-refractivity contribution in [2.24, 2.45) is 13.0 Å². The van der Waals surface area contributed by atoms with E-state index in [2.05, 4.69) is 75.1 Å². The summed E-state index contributed by atoms with van der Waals surface area (Å²) >= 11 is 0. The number of aryl methyl sites for hydroxylation is 1. The lowest BCUT2D eigenvalue weighted by atomic mass is 10.1. The van der Waals surface area contributed by atoms with Crippen molar-refractivity contribution in [1.29, 1.82) is 0 Å². The van der Waals surface area contributed by atoms with Crippen LogP contribution in [0, 0.1) is 5.92 Å². The molecule has 2 aliphatic rings. The third-order valence-corrected chi connectivity index (χ3v) is 8.29. The van der Waals surface area contributed by atoms with Gasteiger partial charge in [0.2, 0.25) is 0 Å². The summed E-state index contributed by atoms with van der Waals surface area (Å²) < 4.78 is 4.46. The van der Waals surface area contributed by atoms with Crippen LogP contribution in [0.3, 0.4) is 0 Å². The van der Waals surface area contributed by atoms with E-state index in [-0.39, 0.29) is 18.0 Å². The molecule has 1 aliphatic heterocycles. The van der Waals surface area contributed by atoms with Gasteiger partial charge in [-0.1, -0.05) is 12.2 Å². The lowest BCUT2D eigenvalue weighted by Gasteiger charge is -2.29. The molecule has 0 bridgehead atoms. The van der Waals surface area contributed by atoms with E-state index in [1.807, 2.05) is 42.4 Å². The zero-order valence-electron chi connectivity index (χ0n) is 24.0. The minimum absolute atomic E-state index is 0.0183. The second kappa shape index (κ2) is 11.2. The number of nitrogens with one attached hydrogen (secondary N) is 2. The van der Waals surface area contributed by atoms with E-state index >= 15 is 0 Å². The zero-order valence-corrected chi connectivity index (χ0v) is 24.0. The average molecular weight is 541 g/mol. The van der Waals surface area contributed by atoms with Gasteiger partial charge in [0, 0.05) is 70.0 Å². The van der Waals surface area contributed by atoms with Crippen LogP contribution in [0.25, 0.3) is 33.6 Å². The molecule has 0 radical (unpaired) electrons. The quantitative estimate of drug-likeness (QED) is 0.301. The lowest BCUT2D eigenvalue weighted by Crippen LogP contribution is -2.50. The largest absolute Gasteiger partial charge is 0.336 e. The predicted molar refractivity (Wildman–Crippen MR) is 160 cm³/mol. The number of carbonyl (C=O) groups is 1. The molecule has 2 atom stereocenters. The summed E-state index contributed by atoms with van der Waals surface area (Å²) in [5, 5.41) is 8.18. The maximum atomic E-state index is 13.6. The molecule has 1 saturated carbocycles. The summed E-state index contributed by atoms with van der Waals surface area (Å²) in [5.74, 6) is 1.63. The minimum Gasteiger partial charge on any atom is -0.336 e. The topological polar surface area (TPSA) is 83.2 Å². The van der Waals surface area contributed by atoms with Gasteiger partial charge in [0.25, 0.3) is 5.91 Å².